The molecule has 0 N–H and O–H groups in total. The van der Waals surface area contributed by atoms with Gasteiger partial charge in [-0.05, 0) is 43.2 Å². The molecule has 2 aliphatic carbocycles. The first-order chi connectivity index (χ1) is 10.3. The van der Waals surface area contributed by atoms with E-state index in [0.717, 1.165) is 28.8 Å². The number of hydrogen-bond donors (Lipinski definition) is 0. The number of fused-ring (bicyclic) bond motifs is 2. The van der Waals surface area contributed by atoms with Crippen molar-refractivity contribution in [3.05, 3.63) is 29.5 Å². The van der Waals surface area contributed by atoms with E-state index in [9.17, 15) is 4.79 Å². The summed E-state index contributed by atoms with van der Waals surface area (Å²) in [5.41, 5.74) is 0.794. The summed E-state index contributed by atoms with van der Waals surface area (Å²) >= 11 is 1.51. The normalized spacial score (nSPS) is 27.1. The molecule has 0 aliphatic heterocycles. The zero-order chi connectivity index (χ0) is 14.2. The average Bonchev–Trinajstić information content (AvgIpc) is 3.28. The summed E-state index contributed by atoms with van der Waals surface area (Å²) < 4.78 is 10.8. The third-order valence-corrected chi connectivity index (χ3v) is 5.59. The van der Waals surface area contributed by atoms with Gasteiger partial charge in [0.1, 0.15) is 6.61 Å². The van der Waals surface area contributed by atoms with E-state index in [1.807, 2.05) is 17.5 Å². The standard InChI is InChI=1S/C16H17NO3S/c18-16(13-7-10-3-4-11(13)6-10)20-8-12-9-21-15(17-12)14-2-1-5-19-14/h1-2,5,9-11,13H,3-4,6-8H2. The fourth-order valence-corrected chi connectivity index (χ4v) is 4.44. The lowest BCUT2D eigenvalue weighted by atomic mass is 9.89. The molecule has 0 amide bonds. The lowest BCUT2D eigenvalue weighted by Crippen LogP contribution is -2.23. The van der Waals surface area contributed by atoms with Crippen LogP contribution in [0.5, 0.6) is 0 Å². The van der Waals surface area contributed by atoms with Crippen LogP contribution in [0.25, 0.3) is 10.8 Å². The second-order valence-corrected chi connectivity index (χ2v) is 6.87. The molecule has 2 fully saturated rings. The van der Waals surface area contributed by atoms with Crippen molar-refractivity contribution in [2.24, 2.45) is 17.8 Å². The Morgan fingerprint density at radius 3 is 3.10 bits per heavy atom. The van der Waals surface area contributed by atoms with Gasteiger partial charge < -0.3 is 9.15 Å². The second-order valence-electron chi connectivity index (χ2n) is 6.01. The lowest BCUT2D eigenvalue weighted by molar-refractivity contribution is -0.151. The Labute approximate surface area is 127 Å². The van der Waals surface area contributed by atoms with Crippen molar-refractivity contribution in [2.45, 2.75) is 32.3 Å². The molecule has 5 heteroatoms. The predicted molar refractivity (Wildman–Crippen MR) is 78.6 cm³/mol. The summed E-state index contributed by atoms with van der Waals surface area (Å²) in [6, 6.07) is 3.72. The van der Waals surface area contributed by atoms with Gasteiger partial charge in [0.2, 0.25) is 0 Å². The fourth-order valence-electron chi connectivity index (χ4n) is 3.67. The van der Waals surface area contributed by atoms with Gasteiger partial charge in [0.05, 0.1) is 17.9 Å². The Balaban J connectivity index is 1.35. The Kier molecular flexibility index (Phi) is 3.30. The number of ether oxygens (including phenoxy) is 1. The number of thiazole rings is 1. The number of aromatic nitrogens is 1. The van der Waals surface area contributed by atoms with Gasteiger partial charge in [0, 0.05) is 5.38 Å². The summed E-state index contributed by atoms with van der Waals surface area (Å²) in [7, 11) is 0. The summed E-state index contributed by atoms with van der Waals surface area (Å²) in [6.07, 6.45) is 6.37. The Hall–Kier alpha value is -1.62. The first-order valence-electron chi connectivity index (χ1n) is 7.44. The maximum atomic E-state index is 12.2. The van der Waals surface area contributed by atoms with E-state index in [4.69, 9.17) is 9.15 Å². The van der Waals surface area contributed by atoms with E-state index in [1.165, 1.54) is 30.6 Å². The van der Waals surface area contributed by atoms with E-state index >= 15 is 0 Å². The molecule has 2 bridgehead atoms. The van der Waals surface area contributed by atoms with Crippen molar-refractivity contribution in [3.8, 4) is 10.8 Å². The molecule has 4 nitrogen and oxygen atoms in total. The highest BCUT2D eigenvalue weighted by Crippen LogP contribution is 2.48. The maximum absolute atomic E-state index is 12.2. The second kappa shape index (κ2) is 5.30. The van der Waals surface area contributed by atoms with Gasteiger partial charge in [-0.25, -0.2) is 4.98 Å². The van der Waals surface area contributed by atoms with Crippen molar-refractivity contribution in [3.63, 3.8) is 0 Å². The van der Waals surface area contributed by atoms with Gasteiger partial charge >= 0.3 is 5.97 Å². The number of rotatable bonds is 4. The van der Waals surface area contributed by atoms with E-state index in [1.54, 1.807) is 6.26 Å². The van der Waals surface area contributed by atoms with Gasteiger partial charge in [-0.15, -0.1) is 11.3 Å². The van der Waals surface area contributed by atoms with Crippen LogP contribution in [0, 0.1) is 17.8 Å². The van der Waals surface area contributed by atoms with E-state index < -0.39 is 0 Å². The number of carbonyl (C=O) groups is 1. The number of nitrogens with zero attached hydrogens (tertiary/aromatic N) is 1. The molecular weight excluding hydrogens is 286 g/mol. The number of furan rings is 1. The number of carbonyl (C=O) groups excluding carboxylic acids is 1. The van der Waals surface area contributed by atoms with Crippen LogP contribution in [0.2, 0.25) is 0 Å². The molecule has 110 valence electrons. The van der Waals surface area contributed by atoms with Crippen molar-refractivity contribution in [2.75, 3.05) is 0 Å². The van der Waals surface area contributed by atoms with Crippen LogP contribution < -0.4 is 0 Å². The fraction of sp³-hybridized carbons (Fsp3) is 0.500. The quantitative estimate of drug-likeness (QED) is 0.804. The van der Waals surface area contributed by atoms with E-state index in [0.29, 0.717) is 5.92 Å². The largest absolute Gasteiger partial charge is 0.462 e. The molecule has 2 saturated carbocycles. The molecule has 2 aromatic rings. The highest BCUT2D eigenvalue weighted by Gasteiger charge is 2.43. The van der Waals surface area contributed by atoms with Crippen molar-refractivity contribution >= 4 is 17.3 Å². The molecule has 2 aromatic heterocycles. The van der Waals surface area contributed by atoms with Gasteiger partial charge in [-0.1, -0.05) is 6.42 Å². The summed E-state index contributed by atoms with van der Waals surface area (Å²) in [4.78, 5) is 16.6. The monoisotopic (exact) mass is 303 g/mol. The average molecular weight is 303 g/mol. The molecule has 0 radical (unpaired) electrons. The summed E-state index contributed by atoms with van der Waals surface area (Å²) in [6.45, 7) is 0.268. The molecule has 3 atom stereocenters. The van der Waals surface area contributed by atoms with Gasteiger partial charge in [0.25, 0.3) is 0 Å². The first-order valence-corrected chi connectivity index (χ1v) is 8.32. The first kappa shape index (κ1) is 13.1. The molecule has 4 rings (SSSR count). The van der Waals surface area contributed by atoms with Gasteiger partial charge in [-0.3, -0.25) is 4.79 Å². The number of esters is 1. The minimum absolute atomic E-state index is 0.0326. The third kappa shape index (κ3) is 2.50. The Morgan fingerprint density at radius 2 is 2.38 bits per heavy atom. The molecule has 21 heavy (non-hydrogen) atoms. The van der Waals surface area contributed by atoms with Crippen molar-refractivity contribution < 1.29 is 13.9 Å². The molecule has 3 unspecified atom stereocenters. The molecule has 0 spiro atoms. The van der Waals surface area contributed by atoms with Crippen LogP contribution in [0.4, 0.5) is 0 Å². The highest BCUT2D eigenvalue weighted by molar-refractivity contribution is 7.13. The Bertz CT molecular complexity index is 634. The third-order valence-electron chi connectivity index (χ3n) is 4.69. The minimum Gasteiger partial charge on any atom is -0.462 e. The topological polar surface area (TPSA) is 52.3 Å². The van der Waals surface area contributed by atoms with Crippen LogP contribution in [0.15, 0.2) is 28.2 Å². The Morgan fingerprint density at radius 1 is 1.43 bits per heavy atom. The SMILES string of the molecule is O=C(OCc1csc(-c2ccco2)n1)C1CC2CCC1C2. The van der Waals surface area contributed by atoms with Gasteiger partial charge in [0.15, 0.2) is 10.8 Å². The van der Waals surface area contributed by atoms with Crippen LogP contribution in [0.3, 0.4) is 0 Å². The molecule has 2 aliphatic rings. The summed E-state index contributed by atoms with van der Waals surface area (Å²) in [5, 5.41) is 2.75. The molecule has 0 aromatic carbocycles. The summed E-state index contributed by atoms with van der Waals surface area (Å²) in [5.74, 6) is 2.18. The zero-order valence-electron chi connectivity index (χ0n) is 11.7. The lowest BCUT2D eigenvalue weighted by Gasteiger charge is -2.19. The minimum atomic E-state index is -0.0326. The van der Waals surface area contributed by atoms with Crippen LogP contribution in [-0.4, -0.2) is 11.0 Å². The predicted octanol–water partition coefficient (Wildman–Crippen LogP) is 3.88. The van der Waals surface area contributed by atoms with Crippen LogP contribution in [0.1, 0.15) is 31.4 Å². The molecular formula is C16H17NO3S. The smallest absolute Gasteiger partial charge is 0.309 e. The van der Waals surface area contributed by atoms with Crippen LogP contribution in [-0.2, 0) is 16.1 Å². The number of hydrogen-bond acceptors (Lipinski definition) is 5. The van der Waals surface area contributed by atoms with Gasteiger partial charge in [-0.2, -0.15) is 0 Å². The molecule has 0 saturated heterocycles. The van der Waals surface area contributed by atoms with E-state index in [-0.39, 0.29) is 18.5 Å². The zero-order valence-corrected chi connectivity index (χ0v) is 12.5. The highest BCUT2D eigenvalue weighted by atomic mass is 32.1. The van der Waals surface area contributed by atoms with Crippen molar-refractivity contribution in [1.29, 1.82) is 0 Å². The maximum Gasteiger partial charge on any atom is 0.309 e. The van der Waals surface area contributed by atoms with Crippen molar-refractivity contribution in [1.82, 2.24) is 4.98 Å². The molecule has 2 heterocycles. The van der Waals surface area contributed by atoms with Crippen LogP contribution >= 0.6 is 11.3 Å². The van der Waals surface area contributed by atoms with E-state index in [2.05, 4.69) is 4.98 Å².